The maximum Gasteiger partial charge on any atom is 0.159 e. The molecule has 0 radical (unpaired) electrons. The predicted molar refractivity (Wildman–Crippen MR) is 360 cm³/mol. The van der Waals surface area contributed by atoms with Crippen LogP contribution in [-0.2, 0) is 0 Å². The van der Waals surface area contributed by atoms with Crippen molar-refractivity contribution in [1.29, 1.82) is 0 Å². The normalized spacial score (nSPS) is 14.2. The van der Waals surface area contributed by atoms with E-state index < -0.39 is 0 Å². The third-order valence-electron chi connectivity index (χ3n) is 19.3. The Morgan fingerprint density at radius 3 is 1.44 bits per heavy atom. The van der Waals surface area contributed by atoms with Crippen LogP contribution < -0.4 is 9.80 Å². The van der Waals surface area contributed by atoms with Crippen molar-refractivity contribution in [3.05, 3.63) is 246 Å². The van der Waals surface area contributed by atoms with Gasteiger partial charge in [0.15, 0.2) is 5.58 Å². The molecule has 2 saturated carbocycles. The number of hydrogen-bond acceptors (Lipinski definition) is 4. The molecule has 2 aliphatic carbocycles. The topological polar surface area (TPSA) is 39.9 Å². The Morgan fingerprint density at radius 1 is 0.376 bits per heavy atom. The largest absolute Gasteiger partial charge is 0.505 e. The van der Waals surface area contributed by atoms with Crippen LogP contribution in [0.1, 0.15) is 131 Å². The molecule has 0 atom stereocenters. The van der Waals surface area contributed by atoms with Gasteiger partial charge in [-0.15, -0.1) is 0 Å². The Morgan fingerprint density at radius 2 is 0.835 bits per heavy atom. The van der Waals surface area contributed by atoms with E-state index in [0.717, 1.165) is 110 Å². The third-order valence-corrected chi connectivity index (χ3v) is 19.3. The Labute approximate surface area is 500 Å². The Bertz CT molecular complexity index is 4670. The van der Waals surface area contributed by atoms with E-state index in [-0.39, 0.29) is 5.75 Å². The van der Waals surface area contributed by atoms with Crippen LogP contribution in [0, 0.1) is 6.92 Å². The summed E-state index contributed by atoms with van der Waals surface area (Å²) >= 11 is 0. The number of anilines is 6. The number of fused-ring (bicyclic) bond motifs is 3. The summed E-state index contributed by atoms with van der Waals surface area (Å²) in [5, 5.41) is 23.1. The molecule has 4 nitrogen and oxygen atoms in total. The molecular weight excluding hydrogens is 1030 g/mol. The van der Waals surface area contributed by atoms with Gasteiger partial charge in [0, 0.05) is 44.0 Å². The van der Waals surface area contributed by atoms with Crippen molar-refractivity contribution in [3.63, 3.8) is 0 Å². The molecule has 418 valence electrons. The molecule has 0 spiro atoms. The molecule has 0 saturated heterocycles. The van der Waals surface area contributed by atoms with Crippen LogP contribution in [0.25, 0.3) is 87.6 Å². The summed E-state index contributed by atoms with van der Waals surface area (Å²) in [6.07, 6.45) is 9.50. The van der Waals surface area contributed by atoms with Gasteiger partial charge < -0.3 is 19.3 Å². The number of furan rings is 1. The quantitative estimate of drug-likeness (QED) is 0.117. The lowest BCUT2D eigenvalue weighted by atomic mass is 9.82. The highest BCUT2D eigenvalue weighted by molar-refractivity contribution is 6.30. The van der Waals surface area contributed by atoms with Crippen LogP contribution in [0.15, 0.2) is 223 Å². The van der Waals surface area contributed by atoms with Crippen LogP contribution >= 0.6 is 0 Å². The Kier molecular flexibility index (Phi) is 13.3. The molecule has 2 aliphatic rings. The van der Waals surface area contributed by atoms with Crippen molar-refractivity contribution in [1.82, 2.24) is 0 Å². The third kappa shape index (κ3) is 9.03. The summed E-state index contributed by atoms with van der Waals surface area (Å²) in [5.41, 5.74) is 20.8. The molecule has 12 aromatic carbocycles. The van der Waals surface area contributed by atoms with Gasteiger partial charge in [-0.1, -0.05) is 217 Å². The second-order valence-corrected chi connectivity index (χ2v) is 25.0. The Balaban J connectivity index is 1.03. The molecule has 0 amide bonds. The van der Waals surface area contributed by atoms with E-state index in [9.17, 15) is 5.11 Å². The van der Waals surface area contributed by atoms with E-state index >= 15 is 0 Å². The second kappa shape index (κ2) is 21.5. The first-order chi connectivity index (χ1) is 41.7. The van der Waals surface area contributed by atoms with E-state index in [4.69, 9.17) is 4.42 Å². The molecule has 4 heteroatoms. The zero-order valence-electron chi connectivity index (χ0n) is 49.5. The monoisotopic (exact) mass is 1100 g/mol. The van der Waals surface area contributed by atoms with Crippen LogP contribution in [0.3, 0.4) is 0 Å². The molecule has 0 bridgehead atoms. The number of benzene rings is 12. The van der Waals surface area contributed by atoms with Crippen molar-refractivity contribution < 1.29 is 9.52 Å². The fraction of sp³-hybridized carbons (Fsp3) is 0.210. The van der Waals surface area contributed by atoms with Gasteiger partial charge in [0.05, 0.1) is 22.7 Å². The van der Waals surface area contributed by atoms with Crippen molar-refractivity contribution in [2.45, 2.75) is 110 Å². The van der Waals surface area contributed by atoms with Gasteiger partial charge in [-0.3, -0.25) is 0 Å². The minimum atomic E-state index is 0.258. The number of phenolic OH excluding ortho intramolecular Hbond substituents is 1. The molecule has 13 aromatic rings. The highest BCUT2D eigenvalue weighted by Crippen LogP contribution is 2.56. The molecule has 0 aliphatic heterocycles. The summed E-state index contributed by atoms with van der Waals surface area (Å²) in [6.45, 7) is 11.3. The predicted octanol–water partition coefficient (Wildman–Crippen LogP) is 24.0. The average Bonchev–Trinajstić information content (AvgIpc) is 1.27. The van der Waals surface area contributed by atoms with Gasteiger partial charge >= 0.3 is 0 Å². The first-order valence-electron chi connectivity index (χ1n) is 31.2. The molecule has 2 fully saturated rings. The van der Waals surface area contributed by atoms with Crippen molar-refractivity contribution in [3.8, 4) is 39.1 Å². The van der Waals surface area contributed by atoms with Crippen LogP contribution in [0.4, 0.5) is 34.1 Å². The highest BCUT2D eigenvalue weighted by Gasteiger charge is 2.32. The minimum absolute atomic E-state index is 0.258. The van der Waals surface area contributed by atoms with Crippen molar-refractivity contribution in [2.75, 3.05) is 9.80 Å². The maximum absolute atomic E-state index is 13.2. The Hall–Kier alpha value is -9.12. The fourth-order valence-electron chi connectivity index (χ4n) is 14.9. The summed E-state index contributed by atoms with van der Waals surface area (Å²) in [5.74, 6) is 1.69. The number of para-hydroxylation sites is 3. The summed E-state index contributed by atoms with van der Waals surface area (Å²) in [6, 6.07) is 80.8. The molecule has 1 N–H and O–H groups in total. The average molecular weight is 1110 g/mol. The van der Waals surface area contributed by atoms with E-state index in [1.54, 1.807) is 0 Å². The van der Waals surface area contributed by atoms with Crippen molar-refractivity contribution >= 4 is 88.4 Å². The van der Waals surface area contributed by atoms with Gasteiger partial charge in [0.2, 0.25) is 0 Å². The van der Waals surface area contributed by atoms with E-state index in [0.29, 0.717) is 23.7 Å². The van der Waals surface area contributed by atoms with Crippen LogP contribution in [-0.4, -0.2) is 5.11 Å². The van der Waals surface area contributed by atoms with Gasteiger partial charge in [0.25, 0.3) is 0 Å². The molecule has 15 rings (SSSR count). The molecular formula is C81H72N2O2. The van der Waals surface area contributed by atoms with Crippen LogP contribution in [0.2, 0.25) is 0 Å². The first kappa shape index (κ1) is 52.7. The number of aryl methyl sites for hydroxylation is 1. The molecule has 1 aromatic heterocycles. The molecule has 1 heterocycles. The van der Waals surface area contributed by atoms with Crippen LogP contribution in [0.5, 0.6) is 5.75 Å². The maximum atomic E-state index is 13.2. The smallest absolute Gasteiger partial charge is 0.159 e. The van der Waals surface area contributed by atoms with Gasteiger partial charge in [0.1, 0.15) is 11.3 Å². The summed E-state index contributed by atoms with van der Waals surface area (Å²) < 4.78 is 7.36. The van der Waals surface area contributed by atoms with Gasteiger partial charge in [-0.25, -0.2) is 0 Å². The first-order valence-corrected chi connectivity index (χ1v) is 31.2. The number of aromatic hydroxyl groups is 1. The van der Waals surface area contributed by atoms with E-state index in [1.165, 1.54) is 91.4 Å². The number of phenols is 1. The lowest BCUT2D eigenvalue weighted by Gasteiger charge is -2.32. The fourth-order valence-corrected chi connectivity index (χ4v) is 14.9. The number of nitrogens with zero attached hydrogens (tertiary/aromatic N) is 2. The molecule has 0 unspecified atom stereocenters. The zero-order chi connectivity index (χ0) is 57.4. The lowest BCUT2D eigenvalue weighted by molar-refractivity contribution is 0.478. The SMILES string of the molecule is Cc1ccccc1-c1cccc(-c2cccc(N(c3cccc(C(C)C)c3)c3cc(C4CCCC4)c4ccc5c(N(c6cccc(C(C)C)c6)c6cccc7c6oc6c(-c8ccccc8)cccc67)cc(C6CCCC6)c6ccc3c4c65)c2O)c1. The number of rotatable bonds is 13. The summed E-state index contributed by atoms with van der Waals surface area (Å²) in [4.78, 5) is 4.94. The lowest BCUT2D eigenvalue weighted by Crippen LogP contribution is -2.14. The number of hydrogen-bond donors (Lipinski definition) is 1. The van der Waals surface area contributed by atoms with Gasteiger partial charge in [-0.05, 0) is 182 Å². The highest BCUT2D eigenvalue weighted by atomic mass is 16.3. The standard InChI is InChI=1S/C81H72N2O2/c1-50(2)56-28-16-32-60(46-56)82(73-39-19-35-63(79(73)84)59-31-15-30-58(45-59)62-34-14-9-21-52(62)5)75-48-71(54-24-10-11-25-54)65-42-44-70-76(49-72(55-26-12-13-27-55)66-41-43-69(75)77(65)78(66)70)83(61-33-17-29-57(47-61)51(3)4)74-40-20-38-68-67-37-18-36-64(80(67)85-81(68)74)53-22-7-6-8-23-53/h6-9,14-23,28-51,54-55,84H,10-13,24-27H2,1-5H3. The summed E-state index contributed by atoms with van der Waals surface area (Å²) in [7, 11) is 0. The zero-order valence-corrected chi connectivity index (χ0v) is 49.5. The molecule has 85 heavy (non-hydrogen) atoms. The van der Waals surface area contributed by atoms with Gasteiger partial charge in [-0.2, -0.15) is 0 Å². The minimum Gasteiger partial charge on any atom is -0.505 e. The van der Waals surface area contributed by atoms with E-state index in [1.807, 2.05) is 0 Å². The van der Waals surface area contributed by atoms with Crippen molar-refractivity contribution in [2.24, 2.45) is 0 Å². The second-order valence-electron chi connectivity index (χ2n) is 25.0. The van der Waals surface area contributed by atoms with E-state index in [2.05, 4.69) is 263 Å².